The third kappa shape index (κ3) is 6.21. The van der Waals surface area contributed by atoms with Crippen LogP contribution in [0.2, 0.25) is 0 Å². The van der Waals surface area contributed by atoms with E-state index in [-0.39, 0.29) is 5.91 Å². The van der Waals surface area contributed by atoms with Gasteiger partial charge in [0, 0.05) is 24.3 Å². The lowest BCUT2D eigenvalue weighted by Crippen LogP contribution is -2.31. The van der Waals surface area contributed by atoms with Crippen LogP contribution in [0.1, 0.15) is 10.4 Å². The zero-order valence-electron chi connectivity index (χ0n) is 11.3. The van der Waals surface area contributed by atoms with Crippen molar-refractivity contribution in [3.05, 3.63) is 29.8 Å². The number of carbonyl (C=O) groups excluding carboxylic acids is 1. The van der Waals surface area contributed by atoms with E-state index in [9.17, 15) is 13.2 Å². The number of amides is 1. The molecule has 0 saturated heterocycles. The molecule has 106 valence electrons. The van der Waals surface area contributed by atoms with Crippen LogP contribution in [0, 0.1) is 0 Å². The summed E-state index contributed by atoms with van der Waals surface area (Å²) in [5.41, 5.74) is 0.801. The molecule has 0 spiro atoms. The number of hydrogen-bond donors (Lipinski definition) is 2. The van der Waals surface area contributed by atoms with Gasteiger partial charge < -0.3 is 10.2 Å². The molecule has 0 heterocycles. The molecule has 2 N–H and O–H groups in total. The number of hydrogen-bond acceptors (Lipinski definition) is 4. The van der Waals surface area contributed by atoms with Gasteiger partial charge in [-0.3, -0.25) is 9.52 Å². The van der Waals surface area contributed by atoms with Gasteiger partial charge in [-0.2, -0.15) is 0 Å². The summed E-state index contributed by atoms with van der Waals surface area (Å²) in [7, 11) is 0.503. The summed E-state index contributed by atoms with van der Waals surface area (Å²) in [5.74, 6) is -0.223. The van der Waals surface area contributed by atoms with Crippen molar-refractivity contribution in [1.29, 1.82) is 0 Å². The molecule has 1 amide bonds. The van der Waals surface area contributed by atoms with Gasteiger partial charge in [-0.15, -0.1) is 0 Å². The lowest BCUT2D eigenvalue weighted by Gasteiger charge is -2.11. The van der Waals surface area contributed by atoms with Crippen molar-refractivity contribution in [2.45, 2.75) is 0 Å². The van der Waals surface area contributed by atoms with Crippen molar-refractivity contribution in [3.63, 3.8) is 0 Å². The Morgan fingerprint density at radius 2 is 2.00 bits per heavy atom. The predicted octanol–water partition coefficient (Wildman–Crippen LogP) is 0.349. The summed E-state index contributed by atoms with van der Waals surface area (Å²) in [6, 6.07) is 6.37. The number of nitrogens with zero attached hydrogens (tertiary/aromatic N) is 1. The molecule has 0 aromatic heterocycles. The summed E-state index contributed by atoms with van der Waals surface area (Å²) in [6.07, 6.45) is 1.07. The van der Waals surface area contributed by atoms with E-state index in [1.165, 1.54) is 6.07 Å². The zero-order chi connectivity index (χ0) is 14.5. The molecule has 0 atom stereocenters. The summed E-state index contributed by atoms with van der Waals surface area (Å²) in [5, 5.41) is 2.76. The van der Waals surface area contributed by atoms with Crippen molar-refractivity contribution in [3.8, 4) is 0 Å². The van der Waals surface area contributed by atoms with E-state index in [0.29, 0.717) is 17.8 Å². The molecule has 1 rings (SSSR count). The highest BCUT2D eigenvalue weighted by Crippen LogP contribution is 2.11. The van der Waals surface area contributed by atoms with Crippen LogP contribution in [0.15, 0.2) is 24.3 Å². The molecule has 7 heteroatoms. The Bertz CT molecular complexity index is 541. The molecule has 0 bridgehead atoms. The van der Waals surface area contributed by atoms with Gasteiger partial charge in [0.2, 0.25) is 10.0 Å². The van der Waals surface area contributed by atoms with Crippen molar-refractivity contribution in [2.24, 2.45) is 0 Å². The van der Waals surface area contributed by atoms with E-state index in [2.05, 4.69) is 10.0 Å². The fraction of sp³-hybridized carbons (Fsp3) is 0.417. The predicted molar refractivity (Wildman–Crippen MR) is 75.8 cm³/mol. The lowest BCUT2D eigenvalue weighted by atomic mass is 10.2. The van der Waals surface area contributed by atoms with Crippen LogP contribution in [-0.2, 0) is 10.0 Å². The third-order valence-electron chi connectivity index (χ3n) is 2.27. The van der Waals surface area contributed by atoms with Crippen LogP contribution < -0.4 is 10.0 Å². The minimum absolute atomic E-state index is 0.223. The molecule has 1 aromatic carbocycles. The van der Waals surface area contributed by atoms with Crippen LogP contribution in [0.3, 0.4) is 0 Å². The van der Waals surface area contributed by atoms with Crippen molar-refractivity contribution in [2.75, 3.05) is 38.2 Å². The van der Waals surface area contributed by atoms with Gasteiger partial charge in [-0.1, -0.05) is 6.07 Å². The summed E-state index contributed by atoms with van der Waals surface area (Å²) in [4.78, 5) is 13.8. The molecule has 0 unspecified atom stereocenters. The molecule has 1 aromatic rings. The van der Waals surface area contributed by atoms with Gasteiger partial charge in [0.25, 0.3) is 5.91 Å². The smallest absolute Gasteiger partial charge is 0.251 e. The van der Waals surface area contributed by atoms with Crippen LogP contribution in [0.4, 0.5) is 5.69 Å². The zero-order valence-corrected chi connectivity index (χ0v) is 12.1. The number of rotatable bonds is 6. The molecular weight excluding hydrogens is 266 g/mol. The number of likely N-dealkylation sites (N-methyl/N-ethyl adjacent to an activating group) is 1. The summed E-state index contributed by atoms with van der Waals surface area (Å²) < 4.78 is 24.6. The molecule has 0 saturated carbocycles. The first-order chi connectivity index (χ1) is 8.78. The quantitative estimate of drug-likeness (QED) is 0.790. The molecular formula is C12H19N3O3S. The SMILES string of the molecule is CN(C)CCNC(=O)c1cccc(NS(C)(=O)=O)c1. The largest absolute Gasteiger partial charge is 0.351 e. The second-order valence-electron chi connectivity index (χ2n) is 4.51. The molecule has 0 fully saturated rings. The third-order valence-corrected chi connectivity index (χ3v) is 2.88. The Balaban J connectivity index is 2.68. The Kier molecular flexibility index (Phi) is 5.31. The highest BCUT2D eigenvalue weighted by Gasteiger charge is 2.07. The Morgan fingerprint density at radius 1 is 1.32 bits per heavy atom. The monoisotopic (exact) mass is 285 g/mol. The van der Waals surface area contributed by atoms with Gasteiger partial charge in [0.1, 0.15) is 0 Å². The van der Waals surface area contributed by atoms with E-state index < -0.39 is 10.0 Å². The fourth-order valence-corrected chi connectivity index (χ4v) is 1.99. The second kappa shape index (κ2) is 6.53. The van der Waals surface area contributed by atoms with E-state index in [4.69, 9.17) is 0 Å². The first-order valence-electron chi connectivity index (χ1n) is 5.79. The molecule has 0 radical (unpaired) electrons. The van der Waals surface area contributed by atoms with E-state index in [0.717, 1.165) is 12.8 Å². The number of anilines is 1. The maximum Gasteiger partial charge on any atom is 0.251 e. The molecule has 0 aliphatic rings. The topological polar surface area (TPSA) is 78.5 Å². The van der Waals surface area contributed by atoms with Crippen LogP contribution in [0.5, 0.6) is 0 Å². The maximum absolute atomic E-state index is 11.8. The van der Waals surface area contributed by atoms with E-state index >= 15 is 0 Å². The highest BCUT2D eigenvalue weighted by molar-refractivity contribution is 7.92. The first kappa shape index (κ1) is 15.5. The van der Waals surface area contributed by atoms with Gasteiger partial charge in [-0.05, 0) is 32.3 Å². The van der Waals surface area contributed by atoms with Crippen LogP contribution in [-0.4, -0.2) is 52.7 Å². The number of nitrogens with one attached hydrogen (secondary N) is 2. The molecule has 19 heavy (non-hydrogen) atoms. The number of benzene rings is 1. The lowest BCUT2D eigenvalue weighted by molar-refractivity contribution is 0.0951. The fourth-order valence-electron chi connectivity index (χ4n) is 1.43. The minimum Gasteiger partial charge on any atom is -0.351 e. The van der Waals surface area contributed by atoms with Gasteiger partial charge in [0.05, 0.1) is 6.26 Å². The average Bonchev–Trinajstić information content (AvgIpc) is 2.26. The van der Waals surface area contributed by atoms with Crippen molar-refractivity contribution < 1.29 is 13.2 Å². The van der Waals surface area contributed by atoms with Gasteiger partial charge >= 0.3 is 0 Å². The normalized spacial score (nSPS) is 11.4. The van der Waals surface area contributed by atoms with Gasteiger partial charge in [0.15, 0.2) is 0 Å². The molecule has 0 aliphatic carbocycles. The molecule has 6 nitrogen and oxygen atoms in total. The number of sulfonamides is 1. The van der Waals surface area contributed by atoms with E-state index in [1.54, 1.807) is 18.2 Å². The Labute approximate surface area is 113 Å². The summed E-state index contributed by atoms with van der Waals surface area (Å²) in [6.45, 7) is 1.28. The second-order valence-corrected chi connectivity index (χ2v) is 6.26. The number of carbonyl (C=O) groups is 1. The highest BCUT2D eigenvalue weighted by atomic mass is 32.2. The van der Waals surface area contributed by atoms with Crippen molar-refractivity contribution >= 4 is 21.6 Å². The van der Waals surface area contributed by atoms with Gasteiger partial charge in [-0.25, -0.2) is 8.42 Å². The first-order valence-corrected chi connectivity index (χ1v) is 7.68. The Hall–Kier alpha value is -1.60. The Morgan fingerprint density at radius 3 is 2.58 bits per heavy atom. The van der Waals surface area contributed by atoms with Crippen molar-refractivity contribution in [1.82, 2.24) is 10.2 Å². The van der Waals surface area contributed by atoms with Crippen LogP contribution >= 0.6 is 0 Å². The van der Waals surface area contributed by atoms with E-state index in [1.807, 2.05) is 19.0 Å². The van der Waals surface area contributed by atoms with Crippen LogP contribution in [0.25, 0.3) is 0 Å². The maximum atomic E-state index is 11.8. The summed E-state index contributed by atoms with van der Waals surface area (Å²) >= 11 is 0. The minimum atomic E-state index is -3.34. The molecule has 0 aliphatic heterocycles. The standard InChI is InChI=1S/C12H19N3O3S/c1-15(2)8-7-13-12(16)10-5-4-6-11(9-10)14-19(3,17)18/h4-6,9,14H,7-8H2,1-3H3,(H,13,16). The average molecular weight is 285 g/mol.